The van der Waals surface area contributed by atoms with E-state index >= 15 is 0 Å². The molecule has 1 amide bonds. The molecule has 0 saturated carbocycles. The zero-order valence-corrected chi connectivity index (χ0v) is 7.22. The van der Waals surface area contributed by atoms with Crippen LogP contribution in [0.1, 0.15) is 27.2 Å². The van der Waals surface area contributed by atoms with Crippen LogP contribution in [-0.2, 0) is 4.79 Å². The van der Waals surface area contributed by atoms with Gasteiger partial charge in [-0.05, 0) is 11.8 Å². The molecule has 1 atom stereocenters. The minimum atomic E-state index is -0.625. The lowest BCUT2D eigenvalue weighted by Crippen LogP contribution is -2.41. The highest BCUT2D eigenvalue weighted by Crippen LogP contribution is 2.19. The molecule has 0 aliphatic carbocycles. The van der Waals surface area contributed by atoms with Crippen molar-refractivity contribution in [1.29, 1.82) is 0 Å². The molecule has 0 spiro atoms. The molecule has 0 saturated heterocycles. The molecule has 4 N–H and O–H groups in total. The van der Waals surface area contributed by atoms with Crippen LogP contribution in [0.3, 0.4) is 0 Å². The molecule has 4 nitrogen and oxygen atoms in total. The van der Waals surface area contributed by atoms with Crippen LogP contribution >= 0.6 is 0 Å². The van der Waals surface area contributed by atoms with E-state index in [1.54, 1.807) is 0 Å². The fraction of sp³-hybridized carbons (Fsp3) is 0.857. The first-order valence-corrected chi connectivity index (χ1v) is 3.56. The maximum absolute atomic E-state index is 10.7. The van der Waals surface area contributed by atoms with Gasteiger partial charge in [-0.15, -0.1) is 0 Å². The van der Waals surface area contributed by atoms with E-state index < -0.39 is 11.9 Å². The summed E-state index contributed by atoms with van der Waals surface area (Å²) < 4.78 is 0. The minimum absolute atomic E-state index is 0.00588. The quantitative estimate of drug-likeness (QED) is 0.400. The van der Waals surface area contributed by atoms with Gasteiger partial charge in [0, 0.05) is 0 Å². The molecule has 0 radical (unpaired) electrons. The van der Waals surface area contributed by atoms with Gasteiger partial charge in [-0.25, -0.2) is 5.48 Å². The van der Waals surface area contributed by atoms with E-state index in [1.165, 1.54) is 5.48 Å². The largest absolute Gasteiger partial charge is 0.320 e. The Labute approximate surface area is 66.7 Å². The third kappa shape index (κ3) is 4.75. The number of hydroxylamine groups is 1. The molecule has 0 aromatic rings. The summed E-state index contributed by atoms with van der Waals surface area (Å²) in [5.41, 5.74) is 6.97. The summed E-state index contributed by atoms with van der Waals surface area (Å²) in [5.74, 6) is -0.528. The first-order valence-electron chi connectivity index (χ1n) is 3.56. The topological polar surface area (TPSA) is 75.4 Å². The summed E-state index contributed by atoms with van der Waals surface area (Å²) in [6.45, 7) is 5.95. The van der Waals surface area contributed by atoms with E-state index in [4.69, 9.17) is 10.9 Å². The van der Waals surface area contributed by atoms with Crippen LogP contribution in [0.2, 0.25) is 0 Å². The van der Waals surface area contributed by atoms with Crippen LogP contribution < -0.4 is 11.2 Å². The molecule has 0 heterocycles. The van der Waals surface area contributed by atoms with Gasteiger partial charge >= 0.3 is 0 Å². The van der Waals surface area contributed by atoms with Crippen molar-refractivity contribution in [3.8, 4) is 0 Å². The minimum Gasteiger partial charge on any atom is -0.320 e. The van der Waals surface area contributed by atoms with Gasteiger partial charge in [0.05, 0.1) is 6.04 Å². The Hall–Kier alpha value is -0.610. The lowest BCUT2D eigenvalue weighted by Gasteiger charge is -2.21. The smallest absolute Gasteiger partial charge is 0.260 e. The number of carbonyl (C=O) groups excluding carboxylic acids is 1. The van der Waals surface area contributed by atoms with Gasteiger partial charge in [0.25, 0.3) is 5.91 Å². The highest BCUT2D eigenvalue weighted by Gasteiger charge is 2.20. The van der Waals surface area contributed by atoms with Crippen LogP contribution in [0.25, 0.3) is 0 Å². The molecule has 0 aromatic heterocycles. The second-order valence-corrected chi connectivity index (χ2v) is 3.85. The first-order chi connectivity index (χ1) is 4.87. The zero-order chi connectivity index (χ0) is 9.07. The fourth-order valence-electron chi connectivity index (χ4n) is 0.835. The van der Waals surface area contributed by atoms with Crippen molar-refractivity contribution in [2.75, 3.05) is 0 Å². The molecule has 0 aromatic carbocycles. The van der Waals surface area contributed by atoms with Crippen molar-refractivity contribution in [3.05, 3.63) is 0 Å². The normalized spacial score (nSPS) is 14.3. The van der Waals surface area contributed by atoms with Gasteiger partial charge in [-0.3, -0.25) is 10.0 Å². The monoisotopic (exact) mass is 160 g/mol. The lowest BCUT2D eigenvalue weighted by molar-refractivity contribution is -0.131. The van der Waals surface area contributed by atoms with Crippen molar-refractivity contribution in [3.63, 3.8) is 0 Å². The molecular formula is C7H16N2O2. The Kier molecular flexibility index (Phi) is 3.48. The van der Waals surface area contributed by atoms with Crippen molar-refractivity contribution in [2.24, 2.45) is 11.1 Å². The fourth-order valence-corrected chi connectivity index (χ4v) is 0.835. The van der Waals surface area contributed by atoms with Crippen molar-refractivity contribution in [1.82, 2.24) is 5.48 Å². The summed E-state index contributed by atoms with van der Waals surface area (Å²) in [6, 6.07) is -0.625. The Bertz CT molecular complexity index is 140. The molecule has 0 aliphatic rings. The highest BCUT2D eigenvalue weighted by atomic mass is 16.5. The van der Waals surface area contributed by atoms with E-state index in [1.807, 2.05) is 20.8 Å². The molecule has 0 rings (SSSR count). The van der Waals surface area contributed by atoms with Crippen LogP contribution in [0.15, 0.2) is 0 Å². The van der Waals surface area contributed by atoms with Gasteiger partial charge in [-0.2, -0.15) is 0 Å². The van der Waals surface area contributed by atoms with Gasteiger partial charge < -0.3 is 5.73 Å². The van der Waals surface area contributed by atoms with Crippen molar-refractivity contribution < 1.29 is 10.0 Å². The molecule has 66 valence electrons. The number of nitrogens with one attached hydrogen (secondary N) is 1. The average molecular weight is 160 g/mol. The number of hydrogen-bond acceptors (Lipinski definition) is 3. The van der Waals surface area contributed by atoms with Gasteiger partial charge in [0.15, 0.2) is 0 Å². The number of amides is 1. The maximum atomic E-state index is 10.7. The summed E-state index contributed by atoms with van der Waals surface area (Å²) in [6.07, 6.45) is 0.555. The molecule has 1 unspecified atom stereocenters. The lowest BCUT2D eigenvalue weighted by atomic mass is 9.88. The number of nitrogens with two attached hydrogens (primary N) is 1. The predicted octanol–water partition coefficient (Wildman–Crippen LogP) is 0.255. The number of hydrogen-bond donors (Lipinski definition) is 3. The summed E-state index contributed by atoms with van der Waals surface area (Å²) in [7, 11) is 0. The third-order valence-electron chi connectivity index (χ3n) is 1.28. The number of rotatable bonds is 2. The van der Waals surface area contributed by atoms with E-state index in [9.17, 15) is 4.79 Å². The second kappa shape index (κ2) is 3.69. The standard InChI is InChI=1S/C7H16N2O2/c1-7(2,3)4-5(8)6(10)9-11/h5,11H,4,8H2,1-3H3,(H,9,10). The Balaban J connectivity index is 3.87. The zero-order valence-electron chi connectivity index (χ0n) is 7.22. The molecule has 0 bridgehead atoms. The van der Waals surface area contributed by atoms with Gasteiger partial charge in [0.1, 0.15) is 0 Å². The summed E-state index contributed by atoms with van der Waals surface area (Å²) >= 11 is 0. The second-order valence-electron chi connectivity index (χ2n) is 3.85. The SMILES string of the molecule is CC(C)(C)CC(N)C(=O)NO. The van der Waals surface area contributed by atoms with Gasteiger partial charge in [-0.1, -0.05) is 20.8 Å². The number of carbonyl (C=O) groups is 1. The average Bonchev–Trinajstić information content (AvgIpc) is 1.82. The van der Waals surface area contributed by atoms with Crippen molar-refractivity contribution >= 4 is 5.91 Å². The van der Waals surface area contributed by atoms with Crippen LogP contribution in [-0.4, -0.2) is 17.2 Å². The first kappa shape index (κ1) is 10.4. The Morgan fingerprint density at radius 3 is 2.36 bits per heavy atom. The highest BCUT2D eigenvalue weighted by molar-refractivity contribution is 5.80. The summed E-state index contributed by atoms with van der Waals surface area (Å²) in [5, 5.41) is 8.22. The maximum Gasteiger partial charge on any atom is 0.260 e. The van der Waals surface area contributed by atoms with E-state index in [-0.39, 0.29) is 5.41 Å². The van der Waals surface area contributed by atoms with Gasteiger partial charge in [0.2, 0.25) is 0 Å². The molecule has 0 fully saturated rings. The van der Waals surface area contributed by atoms with Crippen LogP contribution in [0.4, 0.5) is 0 Å². The van der Waals surface area contributed by atoms with E-state index in [2.05, 4.69) is 0 Å². The molecule has 4 heteroatoms. The molecular weight excluding hydrogens is 144 g/mol. The van der Waals surface area contributed by atoms with Crippen molar-refractivity contribution in [2.45, 2.75) is 33.2 Å². The third-order valence-corrected chi connectivity index (χ3v) is 1.28. The Morgan fingerprint density at radius 1 is 1.64 bits per heavy atom. The predicted molar refractivity (Wildman–Crippen MR) is 42.0 cm³/mol. The molecule has 11 heavy (non-hydrogen) atoms. The van der Waals surface area contributed by atoms with E-state index in [0.29, 0.717) is 6.42 Å². The van der Waals surface area contributed by atoms with Crippen LogP contribution in [0.5, 0.6) is 0 Å². The molecule has 0 aliphatic heterocycles. The van der Waals surface area contributed by atoms with Crippen LogP contribution in [0, 0.1) is 5.41 Å². The summed E-state index contributed by atoms with van der Waals surface area (Å²) in [4.78, 5) is 10.7. The Morgan fingerprint density at radius 2 is 2.09 bits per heavy atom. The van der Waals surface area contributed by atoms with E-state index in [0.717, 1.165) is 0 Å².